The van der Waals surface area contributed by atoms with E-state index in [0.29, 0.717) is 17.9 Å². The molecule has 0 bridgehead atoms. The molecule has 1 fully saturated rings. The van der Waals surface area contributed by atoms with E-state index in [4.69, 9.17) is 11.6 Å². The number of carbonyl (C=O) groups is 4. The second-order valence-corrected chi connectivity index (χ2v) is 7.88. The molecule has 2 aliphatic rings. The number of hydrogen-bond acceptors (Lipinski definition) is 4. The van der Waals surface area contributed by atoms with E-state index in [1.807, 2.05) is 12.2 Å². The fourth-order valence-corrected chi connectivity index (χ4v) is 3.98. The van der Waals surface area contributed by atoms with Crippen LogP contribution >= 0.6 is 11.6 Å². The fraction of sp³-hybridized carbons (Fsp3) is 0.217. The summed E-state index contributed by atoms with van der Waals surface area (Å²) in [6.07, 6.45) is 4.48. The molecular weight excluding hydrogens is 423 g/mol. The minimum Gasteiger partial charge on any atom is -0.292 e. The molecule has 1 saturated heterocycles. The molecular formula is C23H18ClFN2O4. The summed E-state index contributed by atoms with van der Waals surface area (Å²) >= 11 is 5.89. The second kappa shape index (κ2) is 8.43. The highest BCUT2D eigenvalue weighted by Crippen LogP contribution is 2.36. The highest BCUT2D eigenvalue weighted by molar-refractivity contribution is 6.30. The first-order chi connectivity index (χ1) is 14.9. The molecule has 2 aromatic rings. The largest absolute Gasteiger partial charge is 0.292 e. The van der Waals surface area contributed by atoms with Gasteiger partial charge in [0.15, 0.2) is 5.78 Å². The van der Waals surface area contributed by atoms with Gasteiger partial charge in [-0.05, 0) is 61.4 Å². The molecule has 3 amide bonds. The molecule has 0 saturated carbocycles. The first-order valence-electron chi connectivity index (χ1n) is 9.75. The Morgan fingerprint density at radius 1 is 0.903 bits per heavy atom. The Morgan fingerprint density at radius 2 is 1.42 bits per heavy atom. The van der Waals surface area contributed by atoms with Crippen LogP contribution in [0.3, 0.4) is 0 Å². The van der Waals surface area contributed by atoms with E-state index >= 15 is 0 Å². The van der Waals surface area contributed by atoms with Gasteiger partial charge in [-0.1, -0.05) is 23.8 Å². The van der Waals surface area contributed by atoms with Gasteiger partial charge < -0.3 is 0 Å². The number of carbonyl (C=O) groups excluding carboxylic acids is 4. The van der Waals surface area contributed by atoms with Crippen molar-refractivity contribution in [1.29, 1.82) is 0 Å². The van der Waals surface area contributed by atoms with Gasteiger partial charge in [0.1, 0.15) is 12.4 Å². The zero-order chi connectivity index (χ0) is 22.1. The first kappa shape index (κ1) is 20.9. The van der Waals surface area contributed by atoms with E-state index in [2.05, 4.69) is 0 Å². The van der Waals surface area contributed by atoms with Crippen molar-refractivity contribution in [2.75, 3.05) is 6.54 Å². The Kier molecular flexibility index (Phi) is 5.69. The smallest absolute Gasteiger partial charge is 0.273 e. The number of Topliss-reactive ketones (excluding diaryl/α,β-unsaturated/α-hetero) is 1. The van der Waals surface area contributed by atoms with Crippen molar-refractivity contribution < 1.29 is 23.6 Å². The van der Waals surface area contributed by atoms with Crippen LogP contribution in [0, 0.1) is 17.7 Å². The third-order valence-electron chi connectivity index (χ3n) is 5.51. The van der Waals surface area contributed by atoms with E-state index < -0.39 is 47.7 Å². The van der Waals surface area contributed by atoms with Crippen LogP contribution in [0.4, 0.5) is 4.39 Å². The average molecular weight is 441 g/mol. The number of hydrazine groups is 1. The first-order valence-corrected chi connectivity index (χ1v) is 10.1. The predicted octanol–water partition coefficient (Wildman–Crippen LogP) is 3.67. The van der Waals surface area contributed by atoms with E-state index in [-0.39, 0.29) is 11.1 Å². The van der Waals surface area contributed by atoms with E-state index in [1.54, 1.807) is 0 Å². The maximum atomic E-state index is 13.3. The molecule has 0 N–H and O–H groups in total. The van der Waals surface area contributed by atoms with Gasteiger partial charge in [-0.2, -0.15) is 5.01 Å². The number of ketones is 1. The maximum Gasteiger partial charge on any atom is 0.273 e. The highest BCUT2D eigenvalue weighted by atomic mass is 35.5. The maximum absolute atomic E-state index is 13.3. The van der Waals surface area contributed by atoms with Crippen LogP contribution in [0.25, 0.3) is 0 Å². The Labute approximate surface area is 182 Å². The topological polar surface area (TPSA) is 74.8 Å². The van der Waals surface area contributed by atoms with Gasteiger partial charge in [0.2, 0.25) is 0 Å². The van der Waals surface area contributed by atoms with Crippen LogP contribution in [0.1, 0.15) is 33.6 Å². The van der Waals surface area contributed by atoms with Crippen LogP contribution in [0.15, 0.2) is 60.7 Å². The highest BCUT2D eigenvalue weighted by Gasteiger charge is 2.51. The summed E-state index contributed by atoms with van der Waals surface area (Å²) in [5, 5.41) is 2.11. The quantitative estimate of drug-likeness (QED) is 0.404. The number of nitrogens with zero attached hydrogens (tertiary/aromatic N) is 2. The zero-order valence-corrected chi connectivity index (χ0v) is 17.1. The molecule has 6 nitrogen and oxygen atoms in total. The molecule has 158 valence electrons. The minimum atomic E-state index is -0.680. The fourth-order valence-electron chi connectivity index (χ4n) is 3.86. The van der Waals surface area contributed by atoms with Crippen molar-refractivity contribution in [2.24, 2.45) is 11.8 Å². The Balaban J connectivity index is 1.68. The molecule has 4 rings (SSSR count). The molecule has 31 heavy (non-hydrogen) atoms. The van der Waals surface area contributed by atoms with E-state index in [1.165, 1.54) is 36.4 Å². The van der Waals surface area contributed by atoms with Gasteiger partial charge in [0.25, 0.3) is 17.7 Å². The van der Waals surface area contributed by atoms with Crippen LogP contribution in [0.5, 0.6) is 0 Å². The number of benzene rings is 2. The Bertz CT molecular complexity index is 1060. The number of amides is 3. The van der Waals surface area contributed by atoms with Crippen molar-refractivity contribution >= 4 is 35.1 Å². The summed E-state index contributed by atoms with van der Waals surface area (Å²) in [7, 11) is 0. The van der Waals surface area contributed by atoms with Crippen LogP contribution < -0.4 is 0 Å². The van der Waals surface area contributed by atoms with Crippen molar-refractivity contribution in [3.8, 4) is 0 Å². The van der Waals surface area contributed by atoms with Crippen LogP contribution in [0.2, 0.25) is 5.02 Å². The summed E-state index contributed by atoms with van der Waals surface area (Å²) in [6.45, 7) is -0.544. The Morgan fingerprint density at radius 3 is 1.97 bits per heavy atom. The van der Waals surface area contributed by atoms with Gasteiger partial charge >= 0.3 is 0 Å². The molecule has 1 aliphatic heterocycles. The molecule has 2 atom stereocenters. The molecule has 8 heteroatoms. The molecule has 0 radical (unpaired) electrons. The summed E-state index contributed by atoms with van der Waals surface area (Å²) in [6, 6.07) is 10.8. The third-order valence-corrected chi connectivity index (χ3v) is 5.76. The van der Waals surface area contributed by atoms with Gasteiger partial charge in [0.05, 0.1) is 11.8 Å². The van der Waals surface area contributed by atoms with Gasteiger partial charge in [-0.3, -0.25) is 19.2 Å². The number of fused-ring (bicyclic) bond motifs is 1. The number of allylic oxidation sites excluding steroid dienone is 2. The summed E-state index contributed by atoms with van der Waals surface area (Å²) in [4.78, 5) is 52.2. The predicted molar refractivity (Wildman–Crippen MR) is 110 cm³/mol. The number of halogens is 2. The SMILES string of the molecule is O=C(CN(C(=O)c1ccc(Cl)cc1)N1C(=O)[C@@H]2CC=CC[C@H]2C1=O)c1ccc(F)cc1. The molecule has 1 aliphatic carbocycles. The standard InChI is InChI=1S/C23H18ClFN2O4/c24-16-9-5-15(6-10-16)21(29)26(13-20(28)14-7-11-17(25)12-8-14)27-22(30)18-3-1-2-4-19(18)23(27)31/h1-2,5-12,18-19H,3-4,13H2/t18-,19-/m1/s1. The van der Waals surface area contributed by atoms with Gasteiger partial charge in [-0.25, -0.2) is 9.40 Å². The number of imide groups is 1. The zero-order valence-electron chi connectivity index (χ0n) is 16.3. The van der Waals surface area contributed by atoms with Crippen molar-refractivity contribution in [2.45, 2.75) is 12.8 Å². The summed E-state index contributed by atoms with van der Waals surface area (Å²) in [5.41, 5.74) is 0.332. The van der Waals surface area contributed by atoms with Crippen molar-refractivity contribution in [1.82, 2.24) is 10.0 Å². The lowest BCUT2D eigenvalue weighted by molar-refractivity contribution is -0.154. The third kappa shape index (κ3) is 4.01. The number of rotatable bonds is 5. The van der Waals surface area contributed by atoms with Crippen molar-refractivity contribution in [3.05, 3.63) is 82.6 Å². The number of hydrogen-bond donors (Lipinski definition) is 0. The van der Waals surface area contributed by atoms with Gasteiger partial charge in [-0.15, -0.1) is 0 Å². The molecule has 0 spiro atoms. The lowest BCUT2D eigenvalue weighted by atomic mass is 9.85. The van der Waals surface area contributed by atoms with E-state index in [0.717, 1.165) is 22.2 Å². The molecule has 2 aromatic carbocycles. The summed E-state index contributed by atoms with van der Waals surface area (Å²) in [5.74, 6) is -3.84. The van der Waals surface area contributed by atoms with E-state index in [9.17, 15) is 23.6 Å². The second-order valence-electron chi connectivity index (χ2n) is 7.44. The summed E-state index contributed by atoms with van der Waals surface area (Å²) < 4.78 is 13.2. The van der Waals surface area contributed by atoms with Crippen LogP contribution in [-0.4, -0.2) is 40.1 Å². The average Bonchev–Trinajstić information content (AvgIpc) is 3.03. The molecule has 1 heterocycles. The van der Waals surface area contributed by atoms with Crippen LogP contribution in [-0.2, 0) is 9.59 Å². The normalized spacial score (nSPS) is 20.0. The lowest BCUT2D eigenvalue weighted by Gasteiger charge is -2.30. The minimum absolute atomic E-state index is 0.161. The molecule has 0 aromatic heterocycles. The van der Waals surface area contributed by atoms with Crippen molar-refractivity contribution in [3.63, 3.8) is 0 Å². The molecule has 0 unspecified atom stereocenters. The van der Waals surface area contributed by atoms with Gasteiger partial charge in [0, 0.05) is 16.1 Å². The monoisotopic (exact) mass is 440 g/mol. The lowest BCUT2D eigenvalue weighted by Crippen LogP contribution is -2.52. The Hall–Kier alpha value is -3.32.